The monoisotopic (exact) mass is 518 g/mol. The van der Waals surface area contributed by atoms with Gasteiger partial charge in [0.1, 0.15) is 12.9 Å². The molecule has 36 heavy (non-hydrogen) atoms. The van der Waals surface area contributed by atoms with Crippen LogP contribution in [0, 0.1) is 0 Å². The van der Waals surface area contributed by atoms with Crippen LogP contribution in [0.2, 0.25) is 5.28 Å². The summed E-state index contributed by atoms with van der Waals surface area (Å²) in [5.74, 6) is 6.36. The average Bonchev–Trinajstić information content (AvgIpc) is 3.50. The number of ether oxygens (including phenoxy) is 1. The van der Waals surface area contributed by atoms with Gasteiger partial charge < -0.3 is 25.5 Å². The number of nitrogens with zero attached hydrogens (tertiary/aromatic N) is 6. The Morgan fingerprint density at radius 3 is 2.72 bits per heavy atom. The first-order valence-electron chi connectivity index (χ1n) is 12.0. The van der Waals surface area contributed by atoms with Crippen LogP contribution in [0.4, 0.5) is 10.2 Å². The smallest absolute Gasteiger partial charge is 0.226 e. The van der Waals surface area contributed by atoms with Crippen LogP contribution < -0.4 is 16.5 Å². The summed E-state index contributed by atoms with van der Waals surface area (Å²) < 4.78 is 20.3. The fraction of sp³-hybridized carbons (Fsp3) is 0.458. The molecule has 3 heterocycles. The first-order chi connectivity index (χ1) is 17.4. The standard InChI is InChI=1S/C24H32ClFN8O2/c1-2-10-32(12-16-3-5-17(6-4-16)19(27)13-33(28)11-9-26)22-21-23(31-24(25)30-22)34(15-29-21)20-8-7-18(14-35)36-20/h3-6,13,15,18,20,35H,2,7-12,14,27-28H2,1H3/b19-13-. The van der Waals surface area contributed by atoms with E-state index in [1.54, 1.807) is 6.33 Å². The molecule has 2 unspecified atom stereocenters. The lowest BCUT2D eigenvalue weighted by Crippen LogP contribution is -2.28. The van der Waals surface area contributed by atoms with Crippen LogP contribution in [0.15, 0.2) is 36.8 Å². The van der Waals surface area contributed by atoms with Gasteiger partial charge >= 0.3 is 0 Å². The van der Waals surface area contributed by atoms with Crippen molar-refractivity contribution in [2.45, 2.75) is 45.1 Å². The number of aliphatic hydroxyl groups is 1. The zero-order chi connectivity index (χ0) is 25.7. The molecular weight excluding hydrogens is 487 g/mol. The molecule has 10 nitrogen and oxygen atoms in total. The summed E-state index contributed by atoms with van der Waals surface area (Å²) in [6, 6.07) is 7.77. The number of nitrogens with two attached hydrogens (primary N) is 2. The SMILES string of the molecule is CCCN(Cc1ccc(/C(N)=C/N(N)CCF)cc1)c1nc(Cl)nc2c1ncn2C1CCC(CO)O1. The Kier molecular flexibility index (Phi) is 8.57. The number of hydrazine groups is 1. The maximum absolute atomic E-state index is 12.5. The summed E-state index contributed by atoms with van der Waals surface area (Å²) in [7, 11) is 0. The molecule has 1 aliphatic heterocycles. The van der Waals surface area contributed by atoms with E-state index in [9.17, 15) is 9.50 Å². The second-order valence-corrected chi connectivity index (χ2v) is 9.08. The van der Waals surface area contributed by atoms with Crippen LogP contribution in [0.25, 0.3) is 16.9 Å². The lowest BCUT2D eigenvalue weighted by Gasteiger charge is -2.24. The van der Waals surface area contributed by atoms with Gasteiger partial charge in [-0.3, -0.25) is 4.57 Å². The van der Waals surface area contributed by atoms with Crippen molar-refractivity contribution >= 4 is 34.3 Å². The molecule has 0 radical (unpaired) electrons. The van der Waals surface area contributed by atoms with Gasteiger partial charge in [0, 0.05) is 19.3 Å². The van der Waals surface area contributed by atoms with E-state index in [2.05, 4.69) is 26.8 Å². The van der Waals surface area contributed by atoms with Crippen molar-refractivity contribution in [3.05, 3.63) is 53.2 Å². The second kappa shape index (κ2) is 11.8. The summed E-state index contributed by atoms with van der Waals surface area (Å²) in [5, 5.41) is 10.8. The van der Waals surface area contributed by atoms with E-state index >= 15 is 0 Å². The third kappa shape index (κ3) is 5.86. The van der Waals surface area contributed by atoms with Crippen LogP contribution in [0.1, 0.15) is 43.5 Å². The predicted molar refractivity (Wildman–Crippen MR) is 137 cm³/mol. The normalized spacial score (nSPS) is 18.2. The number of benzene rings is 1. The van der Waals surface area contributed by atoms with Crippen molar-refractivity contribution < 1.29 is 14.2 Å². The molecule has 12 heteroatoms. The molecule has 1 aromatic carbocycles. The summed E-state index contributed by atoms with van der Waals surface area (Å²) >= 11 is 6.35. The van der Waals surface area contributed by atoms with Gasteiger partial charge in [-0.2, -0.15) is 9.97 Å². The van der Waals surface area contributed by atoms with Gasteiger partial charge in [0.05, 0.1) is 31.3 Å². The van der Waals surface area contributed by atoms with E-state index in [0.29, 0.717) is 29.2 Å². The summed E-state index contributed by atoms with van der Waals surface area (Å²) in [4.78, 5) is 15.7. The highest BCUT2D eigenvalue weighted by atomic mass is 35.5. The van der Waals surface area contributed by atoms with E-state index in [1.807, 2.05) is 28.8 Å². The fourth-order valence-corrected chi connectivity index (χ4v) is 4.46. The Morgan fingerprint density at radius 1 is 1.28 bits per heavy atom. The van der Waals surface area contributed by atoms with Crippen molar-refractivity contribution in [1.29, 1.82) is 0 Å². The lowest BCUT2D eigenvalue weighted by atomic mass is 10.1. The molecule has 0 saturated carbocycles. The van der Waals surface area contributed by atoms with E-state index < -0.39 is 6.67 Å². The number of aliphatic hydroxyl groups excluding tert-OH is 1. The molecular formula is C24H32ClFN8O2. The minimum atomic E-state index is -0.554. The van der Waals surface area contributed by atoms with Crippen LogP contribution in [0.3, 0.4) is 0 Å². The van der Waals surface area contributed by atoms with Gasteiger partial charge in [-0.25, -0.2) is 15.2 Å². The van der Waals surface area contributed by atoms with Gasteiger partial charge in [-0.1, -0.05) is 31.2 Å². The Balaban J connectivity index is 1.59. The summed E-state index contributed by atoms with van der Waals surface area (Å²) in [5.41, 5.74) is 9.64. The molecule has 194 valence electrons. The Bertz CT molecular complexity index is 1190. The quantitative estimate of drug-likeness (QED) is 0.199. The van der Waals surface area contributed by atoms with Crippen LogP contribution in [-0.2, 0) is 11.3 Å². The van der Waals surface area contributed by atoms with Gasteiger partial charge in [0.2, 0.25) is 5.28 Å². The first-order valence-corrected chi connectivity index (χ1v) is 12.4. The predicted octanol–water partition coefficient (Wildman–Crippen LogP) is 2.97. The number of aromatic nitrogens is 4. The van der Waals surface area contributed by atoms with Crippen LogP contribution >= 0.6 is 11.6 Å². The highest BCUT2D eigenvalue weighted by molar-refractivity contribution is 6.28. The number of fused-ring (bicyclic) bond motifs is 1. The molecule has 3 aromatic rings. The summed E-state index contributed by atoms with van der Waals surface area (Å²) in [6.45, 7) is 2.91. The summed E-state index contributed by atoms with van der Waals surface area (Å²) in [6.07, 6.45) is 5.18. The topological polar surface area (TPSA) is 132 Å². The van der Waals surface area contributed by atoms with Crippen molar-refractivity contribution in [3.63, 3.8) is 0 Å². The van der Waals surface area contributed by atoms with Gasteiger partial charge in [0.15, 0.2) is 17.0 Å². The Hall–Kier alpha value is -2.99. The number of halogens is 2. The van der Waals surface area contributed by atoms with Crippen LogP contribution in [0.5, 0.6) is 0 Å². The Labute approximate surface area is 214 Å². The van der Waals surface area contributed by atoms with E-state index in [1.165, 1.54) is 11.2 Å². The highest BCUT2D eigenvalue weighted by Gasteiger charge is 2.28. The molecule has 0 amide bonds. The average molecular weight is 519 g/mol. The Morgan fingerprint density at radius 2 is 2.06 bits per heavy atom. The van der Waals surface area contributed by atoms with E-state index in [-0.39, 0.29) is 30.8 Å². The molecule has 4 rings (SSSR count). The van der Waals surface area contributed by atoms with Gasteiger partial charge in [-0.05, 0) is 42.0 Å². The lowest BCUT2D eigenvalue weighted by molar-refractivity contribution is -0.0207. The van der Waals surface area contributed by atoms with E-state index in [0.717, 1.165) is 36.9 Å². The number of rotatable bonds is 11. The highest BCUT2D eigenvalue weighted by Crippen LogP contribution is 2.33. The number of imidazole rings is 1. The largest absolute Gasteiger partial charge is 0.397 e. The molecule has 5 N–H and O–H groups in total. The van der Waals surface area contributed by atoms with Crippen LogP contribution in [-0.4, -0.2) is 62.1 Å². The molecule has 0 aliphatic carbocycles. The molecule has 1 aliphatic rings. The van der Waals surface area contributed by atoms with Gasteiger partial charge in [0.25, 0.3) is 0 Å². The number of hydrogen-bond donors (Lipinski definition) is 3. The van der Waals surface area contributed by atoms with Crippen molar-refractivity contribution in [2.75, 3.05) is 31.3 Å². The molecule has 2 atom stereocenters. The van der Waals surface area contributed by atoms with Gasteiger partial charge in [-0.15, -0.1) is 0 Å². The third-order valence-corrected chi connectivity index (χ3v) is 6.25. The molecule has 0 spiro atoms. The maximum atomic E-state index is 12.5. The van der Waals surface area contributed by atoms with Crippen molar-refractivity contribution in [2.24, 2.45) is 11.6 Å². The first kappa shape index (κ1) is 26.1. The maximum Gasteiger partial charge on any atom is 0.226 e. The number of hydrogen-bond acceptors (Lipinski definition) is 9. The molecule has 1 saturated heterocycles. The molecule has 2 aromatic heterocycles. The fourth-order valence-electron chi connectivity index (χ4n) is 4.30. The minimum Gasteiger partial charge on any atom is -0.397 e. The van der Waals surface area contributed by atoms with E-state index in [4.69, 9.17) is 27.9 Å². The van der Waals surface area contributed by atoms with Crippen molar-refractivity contribution in [1.82, 2.24) is 24.5 Å². The minimum absolute atomic E-state index is 0.0171. The number of alkyl halides is 1. The zero-order valence-electron chi connectivity index (χ0n) is 20.2. The van der Waals surface area contributed by atoms with Crippen molar-refractivity contribution in [3.8, 4) is 0 Å². The zero-order valence-corrected chi connectivity index (χ0v) is 21.0. The number of anilines is 1. The molecule has 0 bridgehead atoms. The third-order valence-electron chi connectivity index (χ3n) is 6.08. The second-order valence-electron chi connectivity index (χ2n) is 8.74. The molecule has 1 fully saturated rings.